The maximum absolute atomic E-state index is 9.82. The number of aromatic amines is 1. The minimum atomic E-state index is 0.114. The highest BCUT2D eigenvalue weighted by Crippen LogP contribution is 2.27. The molecule has 0 bridgehead atoms. The quantitative estimate of drug-likeness (QED) is 0.597. The number of H-pyrrole nitrogens is 1. The smallest absolute Gasteiger partial charge is 0.261 e. The zero-order valence-corrected chi connectivity index (χ0v) is 12.1. The average Bonchev–Trinajstić information content (AvgIpc) is 3.20. The lowest BCUT2D eigenvalue weighted by Crippen LogP contribution is -1.79. The van der Waals surface area contributed by atoms with Crippen LogP contribution in [0, 0.1) is 0 Å². The van der Waals surface area contributed by atoms with Gasteiger partial charge in [-0.3, -0.25) is 0 Å². The molecule has 23 heavy (non-hydrogen) atoms. The maximum atomic E-state index is 9.82. The Morgan fingerprint density at radius 2 is 1.83 bits per heavy atom. The zero-order valence-electron chi connectivity index (χ0n) is 12.1. The molecule has 0 spiro atoms. The second-order valence-corrected chi connectivity index (χ2v) is 5.10. The summed E-state index contributed by atoms with van der Waals surface area (Å²) in [5.74, 6) is 0.860. The van der Waals surface area contributed by atoms with Gasteiger partial charge in [-0.15, -0.1) is 0 Å². The molecule has 0 saturated carbocycles. The van der Waals surface area contributed by atoms with E-state index >= 15 is 0 Å². The van der Waals surface area contributed by atoms with Gasteiger partial charge in [0, 0.05) is 17.1 Å². The van der Waals surface area contributed by atoms with E-state index < -0.39 is 0 Å². The van der Waals surface area contributed by atoms with Gasteiger partial charge >= 0.3 is 0 Å². The molecule has 0 fully saturated rings. The highest BCUT2D eigenvalue weighted by Gasteiger charge is 2.10. The van der Waals surface area contributed by atoms with Crippen molar-refractivity contribution in [1.82, 2.24) is 15.1 Å². The molecule has 2 heterocycles. The molecule has 2 N–H and O–H groups in total. The lowest BCUT2D eigenvalue weighted by atomic mass is 10.1. The molecule has 0 saturated heterocycles. The summed E-state index contributed by atoms with van der Waals surface area (Å²) in [5, 5.41) is 14.9. The Morgan fingerprint density at radius 1 is 1.00 bits per heavy atom. The molecule has 0 atom stereocenters. The molecule has 2 aromatic carbocycles. The molecule has 5 nitrogen and oxygen atoms in total. The predicted molar refractivity (Wildman–Crippen MR) is 88.6 cm³/mol. The van der Waals surface area contributed by atoms with Crippen LogP contribution >= 0.6 is 0 Å². The summed E-state index contributed by atoms with van der Waals surface area (Å²) in [6.45, 7) is 0. The summed E-state index contributed by atoms with van der Waals surface area (Å²) in [4.78, 5) is 7.50. The number of aromatic nitrogens is 3. The standard InChI is InChI=1S/C18H13N3O2/c22-16-8-4-2-6-14(16)18-20-17(21-23-18)10-9-12-11-19-15-7-3-1-5-13(12)15/h1-11,19,22H/b10-9+. The van der Waals surface area contributed by atoms with E-state index in [0.29, 0.717) is 17.3 Å². The van der Waals surface area contributed by atoms with Gasteiger partial charge in [-0.1, -0.05) is 35.5 Å². The van der Waals surface area contributed by atoms with Crippen LogP contribution in [0.25, 0.3) is 34.5 Å². The molecule has 0 unspecified atom stereocenters. The number of fused-ring (bicyclic) bond motifs is 1. The SMILES string of the molecule is Oc1ccccc1-c1nc(/C=C/c2c[nH]c3ccccc23)no1. The summed E-state index contributed by atoms with van der Waals surface area (Å²) < 4.78 is 5.21. The van der Waals surface area contributed by atoms with Crippen molar-refractivity contribution in [3.05, 3.63) is 66.1 Å². The van der Waals surface area contributed by atoms with Crippen LogP contribution < -0.4 is 0 Å². The third kappa shape index (κ3) is 2.48. The van der Waals surface area contributed by atoms with Crippen molar-refractivity contribution in [3.8, 4) is 17.2 Å². The van der Waals surface area contributed by atoms with E-state index in [9.17, 15) is 5.11 Å². The Labute approximate surface area is 131 Å². The zero-order chi connectivity index (χ0) is 15.6. The van der Waals surface area contributed by atoms with E-state index in [-0.39, 0.29) is 5.75 Å². The Kier molecular flexibility index (Phi) is 3.16. The fourth-order valence-electron chi connectivity index (χ4n) is 2.46. The van der Waals surface area contributed by atoms with Crippen LogP contribution in [-0.4, -0.2) is 20.2 Å². The third-order valence-corrected chi connectivity index (χ3v) is 3.61. The van der Waals surface area contributed by atoms with E-state index in [0.717, 1.165) is 16.5 Å². The highest BCUT2D eigenvalue weighted by atomic mass is 16.5. The molecule has 2 aromatic heterocycles. The Hall–Kier alpha value is -3.34. The number of rotatable bonds is 3. The van der Waals surface area contributed by atoms with Crippen molar-refractivity contribution in [2.24, 2.45) is 0 Å². The van der Waals surface area contributed by atoms with Gasteiger partial charge in [-0.05, 0) is 35.9 Å². The van der Waals surface area contributed by atoms with Gasteiger partial charge in [0.1, 0.15) is 5.75 Å². The minimum absolute atomic E-state index is 0.114. The van der Waals surface area contributed by atoms with Crippen LogP contribution in [0.2, 0.25) is 0 Å². The van der Waals surface area contributed by atoms with Gasteiger partial charge in [0.15, 0.2) is 5.82 Å². The Morgan fingerprint density at radius 3 is 2.74 bits per heavy atom. The number of phenols is 1. The number of hydrogen-bond donors (Lipinski definition) is 2. The van der Waals surface area contributed by atoms with Crippen molar-refractivity contribution in [1.29, 1.82) is 0 Å². The first kappa shape index (κ1) is 13.3. The summed E-state index contributed by atoms with van der Waals surface area (Å²) in [6.07, 6.45) is 5.64. The van der Waals surface area contributed by atoms with Gasteiger partial charge in [-0.2, -0.15) is 4.98 Å². The molecule has 4 aromatic rings. The molecular weight excluding hydrogens is 290 g/mol. The minimum Gasteiger partial charge on any atom is -0.507 e. The van der Waals surface area contributed by atoms with E-state index in [4.69, 9.17) is 4.52 Å². The van der Waals surface area contributed by atoms with Crippen molar-refractivity contribution >= 4 is 23.1 Å². The molecule has 0 aliphatic heterocycles. The largest absolute Gasteiger partial charge is 0.507 e. The Balaban J connectivity index is 1.64. The number of nitrogens with one attached hydrogen (secondary N) is 1. The van der Waals surface area contributed by atoms with Crippen LogP contribution in [0.1, 0.15) is 11.4 Å². The maximum Gasteiger partial charge on any atom is 0.261 e. The average molecular weight is 303 g/mol. The van der Waals surface area contributed by atoms with Crippen molar-refractivity contribution in [3.63, 3.8) is 0 Å². The monoisotopic (exact) mass is 303 g/mol. The lowest BCUT2D eigenvalue weighted by molar-refractivity contribution is 0.423. The predicted octanol–water partition coefficient (Wildman–Crippen LogP) is 4.09. The summed E-state index contributed by atoms with van der Waals surface area (Å²) >= 11 is 0. The van der Waals surface area contributed by atoms with Gasteiger partial charge in [-0.25, -0.2) is 0 Å². The summed E-state index contributed by atoms with van der Waals surface area (Å²) in [6, 6.07) is 14.9. The van der Waals surface area contributed by atoms with Crippen LogP contribution in [0.15, 0.2) is 59.3 Å². The molecule has 5 heteroatoms. The normalized spacial score (nSPS) is 11.5. The van der Waals surface area contributed by atoms with Crippen molar-refractivity contribution < 1.29 is 9.63 Å². The third-order valence-electron chi connectivity index (χ3n) is 3.61. The number of phenolic OH excluding ortho intramolecular Hbond substituents is 1. The Bertz CT molecular complexity index is 998. The van der Waals surface area contributed by atoms with E-state index in [1.807, 2.05) is 30.5 Å². The summed E-state index contributed by atoms with van der Waals surface area (Å²) in [7, 11) is 0. The number of hydrogen-bond acceptors (Lipinski definition) is 4. The number of para-hydroxylation sites is 2. The van der Waals surface area contributed by atoms with Crippen LogP contribution in [0.4, 0.5) is 0 Å². The molecule has 4 rings (SSSR count). The number of benzene rings is 2. The molecule has 112 valence electrons. The molecular formula is C18H13N3O2. The highest BCUT2D eigenvalue weighted by molar-refractivity contribution is 5.91. The first-order valence-corrected chi connectivity index (χ1v) is 7.17. The molecule has 0 radical (unpaired) electrons. The van der Waals surface area contributed by atoms with Crippen LogP contribution in [0.5, 0.6) is 5.75 Å². The van der Waals surface area contributed by atoms with Crippen molar-refractivity contribution in [2.45, 2.75) is 0 Å². The second-order valence-electron chi connectivity index (χ2n) is 5.10. The van der Waals surface area contributed by atoms with E-state index in [1.54, 1.807) is 30.3 Å². The molecule has 0 aliphatic rings. The second kappa shape index (κ2) is 5.46. The van der Waals surface area contributed by atoms with Gasteiger partial charge < -0.3 is 14.6 Å². The molecule has 0 amide bonds. The lowest BCUT2D eigenvalue weighted by Gasteiger charge is -1.96. The molecule has 0 aliphatic carbocycles. The number of aromatic hydroxyl groups is 1. The van der Waals surface area contributed by atoms with Gasteiger partial charge in [0.2, 0.25) is 0 Å². The van der Waals surface area contributed by atoms with E-state index in [1.165, 1.54) is 0 Å². The van der Waals surface area contributed by atoms with Crippen LogP contribution in [-0.2, 0) is 0 Å². The van der Waals surface area contributed by atoms with Crippen LogP contribution in [0.3, 0.4) is 0 Å². The van der Waals surface area contributed by atoms with Crippen molar-refractivity contribution in [2.75, 3.05) is 0 Å². The van der Waals surface area contributed by atoms with Gasteiger partial charge in [0.25, 0.3) is 5.89 Å². The first-order valence-electron chi connectivity index (χ1n) is 7.17. The summed E-state index contributed by atoms with van der Waals surface area (Å²) in [5.41, 5.74) is 2.65. The first-order chi connectivity index (χ1) is 11.3. The fraction of sp³-hybridized carbons (Fsp3) is 0. The van der Waals surface area contributed by atoms with E-state index in [2.05, 4.69) is 21.2 Å². The fourth-order valence-corrected chi connectivity index (χ4v) is 2.46. The number of nitrogens with zero attached hydrogens (tertiary/aromatic N) is 2. The topological polar surface area (TPSA) is 74.9 Å². The van der Waals surface area contributed by atoms with Gasteiger partial charge in [0.05, 0.1) is 5.56 Å².